The van der Waals surface area contributed by atoms with E-state index in [0.717, 1.165) is 5.56 Å². The highest BCUT2D eigenvalue weighted by molar-refractivity contribution is 5.96. The smallest absolute Gasteiger partial charge is 0.420 e. The quantitative estimate of drug-likeness (QED) is 0.601. The van der Waals surface area contributed by atoms with Gasteiger partial charge in [0, 0.05) is 0 Å². The molecule has 142 valence electrons. The molecule has 0 N–H and O–H groups in total. The number of hydrogen-bond acceptors (Lipinski definition) is 6. The Balaban J connectivity index is 2.18. The van der Waals surface area contributed by atoms with E-state index in [4.69, 9.17) is 14.2 Å². The molecule has 0 saturated carbocycles. The molecule has 7 nitrogen and oxygen atoms in total. The highest BCUT2D eigenvalue weighted by Crippen LogP contribution is 2.28. The summed E-state index contributed by atoms with van der Waals surface area (Å²) in [4.78, 5) is 38.0. The summed E-state index contributed by atoms with van der Waals surface area (Å²) >= 11 is 0. The Kier molecular flexibility index (Phi) is 5.90. The number of hydrogen-bond donors (Lipinski definition) is 0. The fourth-order valence-corrected chi connectivity index (χ4v) is 2.55. The zero-order valence-corrected chi connectivity index (χ0v) is 15.7. The maximum absolute atomic E-state index is 12.7. The number of cyclic esters (lactones) is 1. The van der Waals surface area contributed by atoms with E-state index < -0.39 is 35.9 Å². The molecular weight excluding hydrogens is 338 g/mol. The Bertz CT molecular complexity index is 664. The molecule has 2 amide bonds. The van der Waals surface area contributed by atoms with Crippen LogP contribution in [0.15, 0.2) is 30.3 Å². The van der Waals surface area contributed by atoms with Crippen LogP contribution in [0, 0.1) is 5.92 Å². The molecule has 1 aliphatic rings. The molecule has 1 fully saturated rings. The van der Waals surface area contributed by atoms with Gasteiger partial charge in [-0.2, -0.15) is 4.90 Å². The minimum Gasteiger partial charge on any atom is -0.459 e. The second-order valence-corrected chi connectivity index (χ2v) is 7.48. The van der Waals surface area contributed by atoms with Gasteiger partial charge in [0.2, 0.25) is 0 Å². The largest absolute Gasteiger partial charge is 0.459 e. The first-order valence-corrected chi connectivity index (χ1v) is 8.53. The molecule has 0 aliphatic carbocycles. The van der Waals surface area contributed by atoms with Crippen molar-refractivity contribution >= 4 is 18.2 Å². The Labute approximate surface area is 153 Å². The Hall–Kier alpha value is -2.57. The van der Waals surface area contributed by atoms with Gasteiger partial charge in [-0.1, -0.05) is 44.2 Å². The number of carbonyl (C=O) groups excluding carboxylic acids is 3. The third-order valence-corrected chi connectivity index (χ3v) is 3.74. The van der Waals surface area contributed by atoms with Crippen LogP contribution in [0.3, 0.4) is 0 Å². The highest BCUT2D eigenvalue weighted by atomic mass is 16.6. The molecule has 0 radical (unpaired) electrons. The molecule has 26 heavy (non-hydrogen) atoms. The van der Waals surface area contributed by atoms with Crippen LogP contribution in [-0.4, -0.2) is 40.8 Å². The highest BCUT2D eigenvalue weighted by Gasteiger charge is 2.52. The molecule has 1 heterocycles. The second kappa shape index (κ2) is 7.76. The topological polar surface area (TPSA) is 82.1 Å². The molecule has 1 aliphatic heterocycles. The van der Waals surface area contributed by atoms with E-state index in [9.17, 15) is 14.4 Å². The van der Waals surface area contributed by atoms with Crippen LogP contribution in [0.4, 0.5) is 9.59 Å². The summed E-state index contributed by atoms with van der Waals surface area (Å²) in [6.45, 7) is 8.66. The molecule has 1 aromatic carbocycles. The Morgan fingerprint density at radius 1 is 1.19 bits per heavy atom. The van der Waals surface area contributed by atoms with Gasteiger partial charge in [0.15, 0.2) is 6.04 Å². The molecule has 7 heteroatoms. The van der Waals surface area contributed by atoms with E-state index in [1.807, 2.05) is 30.3 Å². The molecule has 2 rings (SSSR count). The van der Waals surface area contributed by atoms with E-state index in [0.29, 0.717) is 4.90 Å². The van der Waals surface area contributed by atoms with Crippen LogP contribution in [-0.2, 0) is 25.6 Å². The lowest BCUT2D eigenvalue weighted by atomic mass is 10.00. The number of ether oxygens (including phenoxy) is 3. The van der Waals surface area contributed by atoms with Gasteiger partial charge in [0.05, 0.1) is 0 Å². The zero-order chi connectivity index (χ0) is 19.5. The van der Waals surface area contributed by atoms with Crippen LogP contribution in [0.2, 0.25) is 0 Å². The van der Waals surface area contributed by atoms with Crippen molar-refractivity contribution in [2.24, 2.45) is 5.92 Å². The summed E-state index contributed by atoms with van der Waals surface area (Å²) in [6.07, 6.45) is -2.62. The summed E-state index contributed by atoms with van der Waals surface area (Å²) in [7, 11) is 0. The second-order valence-electron chi connectivity index (χ2n) is 7.48. The van der Waals surface area contributed by atoms with Crippen LogP contribution >= 0.6 is 0 Å². The standard InChI is InChI=1S/C19H25NO6/c1-12(2)15-14(16(21)24-11-13-9-7-6-8-10-13)20(17(22)25-15)18(23)26-19(3,4)5/h6-10,12,14-15H,11H2,1-5H3. The zero-order valence-electron chi connectivity index (χ0n) is 15.7. The van der Waals surface area contributed by atoms with Crippen molar-refractivity contribution in [3.05, 3.63) is 35.9 Å². The summed E-state index contributed by atoms with van der Waals surface area (Å²) in [5.74, 6) is -0.884. The van der Waals surface area contributed by atoms with Gasteiger partial charge < -0.3 is 14.2 Å². The maximum Gasteiger partial charge on any atom is 0.420 e. The molecule has 0 bridgehead atoms. The number of esters is 1. The number of benzene rings is 1. The van der Waals surface area contributed by atoms with Crippen molar-refractivity contribution in [1.29, 1.82) is 0 Å². The van der Waals surface area contributed by atoms with Crippen LogP contribution in [0.1, 0.15) is 40.2 Å². The Morgan fingerprint density at radius 2 is 1.81 bits per heavy atom. The van der Waals surface area contributed by atoms with Crippen LogP contribution in [0.5, 0.6) is 0 Å². The molecule has 2 atom stereocenters. The van der Waals surface area contributed by atoms with Gasteiger partial charge in [0.1, 0.15) is 18.3 Å². The molecule has 0 spiro atoms. The summed E-state index contributed by atoms with van der Waals surface area (Å²) in [5.41, 5.74) is -0.0119. The minimum atomic E-state index is -1.18. The van der Waals surface area contributed by atoms with Crippen molar-refractivity contribution in [2.45, 2.75) is 59.0 Å². The van der Waals surface area contributed by atoms with Crippen molar-refractivity contribution < 1.29 is 28.6 Å². The predicted molar refractivity (Wildman–Crippen MR) is 93.2 cm³/mol. The van der Waals surface area contributed by atoms with Gasteiger partial charge in [-0.15, -0.1) is 0 Å². The van der Waals surface area contributed by atoms with E-state index in [2.05, 4.69) is 0 Å². The van der Waals surface area contributed by atoms with E-state index >= 15 is 0 Å². The van der Waals surface area contributed by atoms with Crippen molar-refractivity contribution in [3.63, 3.8) is 0 Å². The molecule has 2 unspecified atom stereocenters. The maximum atomic E-state index is 12.7. The van der Waals surface area contributed by atoms with Crippen molar-refractivity contribution in [3.8, 4) is 0 Å². The van der Waals surface area contributed by atoms with Gasteiger partial charge >= 0.3 is 18.2 Å². The van der Waals surface area contributed by atoms with Crippen LogP contribution < -0.4 is 0 Å². The third-order valence-electron chi connectivity index (χ3n) is 3.74. The number of imide groups is 1. The molecule has 0 aromatic heterocycles. The SMILES string of the molecule is CC(C)C1OC(=O)N(C(=O)OC(C)(C)C)C1C(=O)OCc1ccccc1. The lowest BCUT2D eigenvalue weighted by molar-refractivity contribution is -0.151. The van der Waals surface area contributed by atoms with Crippen molar-refractivity contribution in [1.82, 2.24) is 4.90 Å². The third kappa shape index (κ3) is 4.74. The minimum absolute atomic E-state index is 0.0390. The lowest BCUT2D eigenvalue weighted by Crippen LogP contribution is -2.49. The predicted octanol–water partition coefficient (Wildman–Crippen LogP) is 3.51. The number of amides is 2. The fourth-order valence-electron chi connectivity index (χ4n) is 2.55. The number of carbonyl (C=O) groups is 3. The first-order valence-electron chi connectivity index (χ1n) is 8.53. The van der Waals surface area contributed by atoms with Gasteiger partial charge in [-0.05, 0) is 32.3 Å². The molecule has 1 aromatic rings. The number of nitrogens with zero attached hydrogens (tertiary/aromatic N) is 1. The number of rotatable bonds is 4. The normalized spacial score (nSPS) is 20.1. The fraction of sp³-hybridized carbons (Fsp3) is 0.526. The molecule has 1 saturated heterocycles. The van der Waals surface area contributed by atoms with Crippen LogP contribution in [0.25, 0.3) is 0 Å². The monoisotopic (exact) mass is 363 g/mol. The summed E-state index contributed by atoms with van der Waals surface area (Å²) in [6, 6.07) is 7.96. The molecular formula is C19H25NO6. The first kappa shape index (κ1) is 19.8. The summed E-state index contributed by atoms with van der Waals surface area (Å²) in [5, 5.41) is 0. The van der Waals surface area contributed by atoms with E-state index in [1.165, 1.54) is 0 Å². The van der Waals surface area contributed by atoms with Crippen molar-refractivity contribution in [2.75, 3.05) is 0 Å². The summed E-state index contributed by atoms with van der Waals surface area (Å²) < 4.78 is 15.8. The van der Waals surface area contributed by atoms with E-state index in [1.54, 1.807) is 34.6 Å². The average molecular weight is 363 g/mol. The van der Waals surface area contributed by atoms with Gasteiger partial charge in [-0.25, -0.2) is 14.4 Å². The van der Waals surface area contributed by atoms with Gasteiger partial charge in [0.25, 0.3) is 0 Å². The Morgan fingerprint density at radius 3 is 2.35 bits per heavy atom. The lowest BCUT2D eigenvalue weighted by Gasteiger charge is -2.26. The average Bonchev–Trinajstić information content (AvgIpc) is 2.90. The first-order chi connectivity index (χ1) is 12.1. The van der Waals surface area contributed by atoms with Gasteiger partial charge in [-0.3, -0.25) is 0 Å². The van der Waals surface area contributed by atoms with E-state index in [-0.39, 0.29) is 12.5 Å².